The lowest BCUT2D eigenvalue weighted by atomic mass is 9.95. The smallest absolute Gasteiger partial charge is 0.244 e. The fourth-order valence-electron chi connectivity index (χ4n) is 2.68. The van der Waals surface area contributed by atoms with Gasteiger partial charge in [0.25, 0.3) is 0 Å². The Labute approximate surface area is 166 Å². The summed E-state index contributed by atoms with van der Waals surface area (Å²) in [5.41, 5.74) is 1.83. The lowest BCUT2D eigenvalue weighted by Gasteiger charge is -2.20. The number of benzene rings is 1. The second kappa shape index (κ2) is 10.3. The molecule has 1 N–H and O–H groups in total. The van der Waals surface area contributed by atoms with Crippen molar-refractivity contribution < 1.29 is 14.3 Å². The molecule has 1 atom stereocenters. The number of aromatic nitrogens is 4. The van der Waals surface area contributed by atoms with Crippen molar-refractivity contribution in [1.29, 1.82) is 0 Å². The normalized spacial score (nSPS) is 12.8. The zero-order valence-corrected chi connectivity index (χ0v) is 17.4. The predicted molar refractivity (Wildman–Crippen MR) is 106 cm³/mol. The summed E-state index contributed by atoms with van der Waals surface area (Å²) in [4.78, 5) is 12.6. The summed E-state index contributed by atoms with van der Waals surface area (Å²) in [5.74, 6) is 0.553. The summed E-state index contributed by atoms with van der Waals surface area (Å²) >= 11 is 0. The second-order valence-electron chi connectivity index (χ2n) is 7.66. The molecule has 0 aliphatic carbocycles. The highest BCUT2D eigenvalue weighted by molar-refractivity contribution is 5.79. The molecule has 8 nitrogen and oxygen atoms in total. The van der Waals surface area contributed by atoms with Crippen LogP contribution in [0.25, 0.3) is 0 Å². The highest BCUT2D eigenvalue weighted by Crippen LogP contribution is 2.21. The van der Waals surface area contributed by atoms with Gasteiger partial charge in [0, 0.05) is 18.6 Å². The first-order valence-electron chi connectivity index (χ1n) is 9.62. The van der Waals surface area contributed by atoms with Crippen molar-refractivity contribution in [2.45, 2.75) is 59.2 Å². The molecule has 1 aromatic carbocycles. The Hall–Kier alpha value is -2.32. The molecule has 0 spiro atoms. The number of carbonyl (C=O) groups excluding carboxylic acids is 1. The number of rotatable bonds is 10. The molecule has 1 heterocycles. The fourth-order valence-corrected chi connectivity index (χ4v) is 2.68. The van der Waals surface area contributed by atoms with E-state index in [4.69, 9.17) is 9.47 Å². The molecule has 0 saturated heterocycles. The molecule has 0 saturated carbocycles. The molecule has 0 aliphatic rings. The van der Waals surface area contributed by atoms with E-state index in [0.717, 1.165) is 11.1 Å². The minimum Gasteiger partial charge on any atom is -0.379 e. The van der Waals surface area contributed by atoms with Gasteiger partial charge >= 0.3 is 0 Å². The van der Waals surface area contributed by atoms with Crippen LogP contribution in [0.1, 0.15) is 57.6 Å². The molecular formula is C20H31N5O3. The number of nitrogens with one attached hydrogen (secondary N) is 1. The van der Waals surface area contributed by atoms with Crippen LogP contribution in [0.4, 0.5) is 0 Å². The predicted octanol–water partition coefficient (Wildman–Crippen LogP) is 2.40. The van der Waals surface area contributed by atoms with Crippen LogP contribution in [0, 0.1) is 0 Å². The second-order valence-corrected chi connectivity index (χ2v) is 7.66. The van der Waals surface area contributed by atoms with Gasteiger partial charge in [-0.25, -0.2) is 4.68 Å². The van der Waals surface area contributed by atoms with Gasteiger partial charge < -0.3 is 14.8 Å². The van der Waals surface area contributed by atoms with Crippen LogP contribution in [0.3, 0.4) is 0 Å². The molecule has 0 bridgehead atoms. The maximum atomic E-state index is 12.6. The third kappa shape index (κ3) is 6.38. The maximum Gasteiger partial charge on any atom is 0.244 e. The van der Waals surface area contributed by atoms with Crippen LogP contribution in [0.15, 0.2) is 24.3 Å². The van der Waals surface area contributed by atoms with Gasteiger partial charge in [-0.3, -0.25) is 4.79 Å². The van der Waals surface area contributed by atoms with Crippen molar-refractivity contribution in [2.75, 3.05) is 19.8 Å². The van der Waals surface area contributed by atoms with Crippen molar-refractivity contribution in [1.82, 2.24) is 25.5 Å². The van der Waals surface area contributed by atoms with Gasteiger partial charge in [0.2, 0.25) is 5.91 Å². The Morgan fingerprint density at radius 1 is 1.21 bits per heavy atom. The van der Waals surface area contributed by atoms with E-state index in [0.29, 0.717) is 38.8 Å². The average Bonchev–Trinajstić information content (AvgIpc) is 3.16. The first kappa shape index (κ1) is 22.0. The molecule has 2 rings (SSSR count). The van der Waals surface area contributed by atoms with Crippen molar-refractivity contribution >= 4 is 5.91 Å². The quantitative estimate of drug-likeness (QED) is 0.628. The third-order valence-corrected chi connectivity index (χ3v) is 4.21. The largest absolute Gasteiger partial charge is 0.379 e. The molecule has 8 heteroatoms. The van der Waals surface area contributed by atoms with Crippen LogP contribution >= 0.6 is 0 Å². The Morgan fingerprint density at radius 3 is 2.64 bits per heavy atom. The van der Waals surface area contributed by atoms with E-state index in [2.05, 4.69) is 20.8 Å². The molecule has 0 unspecified atom stereocenters. The first-order chi connectivity index (χ1) is 13.3. The zero-order valence-electron chi connectivity index (χ0n) is 17.4. The monoisotopic (exact) mass is 389 g/mol. The van der Waals surface area contributed by atoms with Crippen molar-refractivity contribution in [3.05, 3.63) is 41.2 Å². The molecule has 2 aromatic rings. The number of ether oxygens (including phenoxy) is 2. The van der Waals surface area contributed by atoms with Crippen molar-refractivity contribution in [2.24, 2.45) is 0 Å². The third-order valence-electron chi connectivity index (χ3n) is 4.21. The molecule has 1 aromatic heterocycles. The van der Waals surface area contributed by atoms with Gasteiger partial charge in [-0.15, -0.1) is 5.10 Å². The van der Waals surface area contributed by atoms with Gasteiger partial charge in [-0.05, 0) is 35.4 Å². The average molecular weight is 390 g/mol. The number of hydrogen-bond acceptors (Lipinski definition) is 6. The summed E-state index contributed by atoms with van der Waals surface area (Å²) < 4.78 is 12.4. The van der Waals surface area contributed by atoms with Crippen molar-refractivity contribution in [3.8, 4) is 0 Å². The molecule has 0 aliphatic heterocycles. The SMILES string of the molecule is CCOCCOCc1cccc(CNC(=O)[C@H](C)n2nnnc2C(C)(C)C)c1. The molecule has 0 fully saturated rings. The molecule has 1 amide bonds. The molecule has 154 valence electrons. The summed E-state index contributed by atoms with van der Waals surface area (Å²) in [6.07, 6.45) is 0. The topological polar surface area (TPSA) is 91.2 Å². The zero-order chi connectivity index (χ0) is 20.6. The molecule has 28 heavy (non-hydrogen) atoms. The van der Waals surface area contributed by atoms with E-state index >= 15 is 0 Å². The number of carbonyl (C=O) groups is 1. The summed E-state index contributed by atoms with van der Waals surface area (Å²) in [5, 5.41) is 14.8. The Kier molecular flexibility index (Phi) is 8.07. The summed E-state index contributed by atoms with van der Waals surface area (Å²) in [7, 11) is 0. The lowest BCUT2D eigenvalue weighted by molar-refractivity contribution is -0.124. The summed E-state index contributed by atoms with van der Waals surface area (Å²) in [6, 6.07) is 7.49. The van der Waals surface area contributed by atoms with Gasteiger partial charge in [-0.1, -0.05) is 45.0 Å². The Bertz CT molecular complexity index is 754. The van der Waals surface area contributed by atoms with Crippen molar-refractivity contribution in [3.63, 3.8) is 0 Å². The van der Waals surface area contributed by atoms with E-state index in [-0.39, 0.29) is 11.3 Å². The standard InChI is InChI=1S/C20H31N5O3/c1-6-27-10-11-28-14-17-9-7-8-16(12-17)13-21-18(26)15(2)25-19(20(3,4)5)22-23-24-25/h7-9,12,15H,6,10-11,13-14H2,1-5H3,(H,21,26)/t15-/m0/s1. The van der Waals surface area contributed by atoms with Crippen LogP contribution in [-0.4, -0.2) is 45.9 Å². The van der Waals surface area contributed by atoms with Crippen LogP contribution < -0.4 is 5.32 Å². The minimum absolute atomic E-state index is 0.129. The van der Waals surface area contributed by atoms with E-state index in [1.165, 1.54) is 0 Å². The lowest BCUT2D eigenvalue weighted by Crippen LogP contribution is -2.33. The molecule has 0 radical (unpaired) electrons. The Balaban J connectivity index is 1.89. The number of nitrogens with zero attached hydrogens (tertiary/aromatic N) is 4. The highest BCUT2D eigenvalue weighted by atomic mass is 16.5. The van der Waals surface area contributed by atoms with Gasteiger partial charge in [0.05, 0.1) is 19.8 Å². The number of tetrazole rings is 1. The highest BCUT2D eigenvalue weighted by Gasteiger charge is 2.27. The minimum atomic E-state index is -0.491. The maximum absolute atomic E-state index is 12.6. The molecular weight excluding hydrogens is 358 g/mol. The van der Waals surface area contributed by atoms with E-state index in [1.807, 2.05) is 52.0 Å². The van der Waals surface area contributed by atoms with Gasteiger partial charge in [-0.2, -0.15) is 0 Å². The first-order valence-corrected chi connectivity index (χ1v) is 9.62. The van der Waals surface area contributed by atoms with Crippen LogP contribution in [0.2, 0.25) is 0 Å². The van der Waals surface area contributed by atoms with Gasteiger partial charge in [0.1, 0.15) is 6.04 Å². The fraction of sp³-hybridized carbons (Fsp3) is 0.600. The number of amides is 1. The van der Waals surface area contributed by atoms with Crippen LogP contribution in [-0.2, 0) is 32.8 Å². The van der Waals surface area contributed by atoms with E-state index in [9.17, 15) is 4.79 Å². The van der Waals surface area contributed by atoms with E-state index in [1.54, 1.807) is 11.6 Å². The van der Waals surface area contributed by atoms with Gasteiger partial charge in [0.15, 0.2) is 5.82 Å². The number of hydrogen-bond donors (Lipinski definition) is 1. The summed E-state index contributed by atoms with van der Waals surface area (Å²) in [6.45, 7) is 12.6. The van der Waals surface area contributed by atoms with Crippen LogP contribution in [0.5, 0.6) is 0 Å². The Morgan fingerprint density at radius 2 is 1.93 bits per heavy atom. The van der Waals surface area contributed by atoms with E-state index < -0.39 is 6.04 Å².